The Morgan fingerprint density at radius 2 is 1.37 bits per heavy atom. The van der Waals surface area contributed by atoms with Gasteiger partial charge in [0.1, 0.15) is 11.5 Å². The normalized spacial score (nSPS) is 10.3. The van der Waals surface area contributed by atoms with Crippen LogP contribution in [-0.2, 0) is 4.79 Å². The van der Waals surface area contributed by atoms with Gasteiger partial charge in [-0.2, -0.15) is 0 Å². The van der Waals surface area contributed by atoms with Gasteiger partial charge in [0, 0.05) is 17.2 Å². The van der Waals surface area contributed by atoms with Gasteiger partial charge in [0.25, 0.3) is 0 Å². The van der Waals surface area contributed by atoms with Gasteiger partial charge in [-0.05, 0) is 36.4 Å². The van der Waals surface area contributed by atoms with E-state index in [1.54, 1.807) is 48.5 Å². The molecular weight excluding hydrogens is 354 g/mol. The van der Waals surface area contributed by atoms with Crippen LogP contribution in [0.4, 0.5) is 8.78 Å². The number of carbonyl (C=O) groups excluding carboxylic acids is 2. The summed E-state index contributed by atoms with van der Waals surface area (Å²) in [7, 11) is 0. The Labute approximate surface area is 154 Å². The van der Waals surface area contributed by atoms with E-state index in [-0.39, 0.29) is 11.5 Å². The van der Waals surface area contributed by atoms with E-state index in [1.807, 2.05) is 6.07 Å². The molecule has 136 valence electrons. The van der Waals surface area contributed by atoms with Crippen LogP contribution in [0, 0.1) is 11.6 Å². The summed E-state index contributed by atoms with van der Waals surface area (Å²) in [4.78, 5) is 24.0. The molecule has 0 aliphatic heterocycles. The second kappa shape index (κ2) is 8.23. The molecule has 0 atom stereocenters. The smallest absolute Gasteiger partial charge is 0.349 e. The zero-order chi connectivity index (χ0) is 19.2. The maximum atomic E-state index is 13.1. The summed E-state index contributed by atoms with van der Waals surface area (Å²) < 4.78 is 36.1. The molecule has 0 bridgehead atoms. The third-order valence-corrected chi connectivity index (χ3v) is 3.63. The van der Waals surface area contributed by atoms with E-state index >= 15 is 0 Å². The molecule has 6 heteroatoms. The van der Waals surface area contributed by atoms with Gasteiger partial charge in [-0.1, -0.05) is 30.3 Å². The van der Waals surface area contributed by atoms with Crippen molar-refractivity contribution in [2.45, 2.75) is 0 Å². The van der Waals surface area contributed by atoms with Crippen molar-refractivity contribution in [2.75, 3.05) is 6.61 Å². The zero-order valence-corrected chi connectivity index (χ0v) is 14.0. The molecule has 0 radical (unpaired) electrons. The van der Waals surface area contributed by atoms with Crippen LogP contribution in [0.2, 0.25) is 0 Å². The van der Waals surface area contributed by atoms with Crippen LogP contribution >= 0.6 is 0 Å². The maximum absolute atomic E-state index is 13.1. The summed E-state index contributed by atoms with van der Waals surface area (Å²) in [5, 5.41) is 0. The first-order chi connectivity index (χ1) is 13.0. The Morgan fingerprint density at radius 1 is 0.741 bits per heavy atom. The maximum Gasteiger partial charge on any atom is 0.349 e. The van der Waals surface area contributed by atoms with Crippen LogP contribution in [-0.4, -0.2) is 18.4 Å². The summed E-state index contributed by atoms with van der Waals surface area (Å²) in [5.74, 6) is -2.80. The predicted molar refractivity (Wildman–Crippen MR) is 93.8 cm³/mol. The monoisotopic (exact) mass is 368 g/mol. The van der Waals surface area contributed by atoms with Crippen LogP contribution in [0.25, 0.3) is 0 Å². The number of esters is 1. The summed E-state index contributed by atoms with van der Waals surface area (Å²) in [6.45, 7) is -0.426. The van der Waals surface area contributed by atoms with Crippen molar-refractivity contribution < 1.29 is 27.8 Å². The van der Waals surface area contributed by atoms with Gasteiger partial charge in [0.2, 0.25) is 0 Å². The van der Waals surface area contributed by atoms with Crippen LogP contribution in [0.1, 0.15) is 15.9 Å². The van der Waals surface area contributed by atoms with Crippen molar-refractivity contribution in [3.8, 4) is 11.5 Å². The molecule has 27 heavy (non-hydrogen) atoms. The molecule has 4 nitrogen and oxygen atoms in total. The molecule has 0 aliphatic carbocycles. The third-order valence-electron chi connectivity index (χ3n) is 3.63. The number of rotatable bonds is 6. The minimum Gasteiger partial charge on any atom is -0.482 e. The van der Waals surface area contributed by atoms with Crippen LogP contribution in [0.3, 0.4) is 0 Å². The molecule has 3 aromatic rings. The molecule has 0 saturated heterocycles. The minimum absolute atomic E-state index is 0.119. The highest BCUT2D eigenvalue weighted by atomic mass is 19.2. The largest absolute Gasteiger partial charge is 0.482 e. The van der Waals surface area contributed by atoms with Gasteiger partial charge in [-0.15, -0.1) is 0 Å². The molecule has 0 heterocycles. The Balaban J connectivity index is 1.56. The van der Waals surface area contributed by atoms with E-state index in [0.29, 0.717) is 16.9 Å². The zero-order valence-electron chi connectivity index (χ0n) is 14.0. The number of ketones is 1. The van der Waals surface area contributed by atoms with Crippen LogP contribution < -0.4 is 9.47 Å². The lowest BCUT2D eigenvalue weighted by Crippen LogP contribution is -2.17. The van der Waals surface area contributed by atoms with Crippen LogP contribution in [0.15, 0.2) is 72.8 Å². The molecule has 0 saturated carbocycles. The first-order valence-electron chi connectivity index (χ1n) is 8.01. The molecule has 0 N–H and O–H groups in total. The first kappa shape index (κ1) is 18.3. The minimum atomic E-state index is -1.11. The van der Waals surface area contributed by atoms with Gasteiger partial charge in [-0.25, -0.2) is 13.6 Å². The fourth-order valence-electron chi connectivity index (χ4n) is 2.30. The third kappa shape index (κ3) is 4.76. The average molecular weight is 368 g/mol. The lowest BCUT2D eigenvalue weighted by molar-refractivity contribution is -0.136. The lowest BCUT2D eigenvalue weighted by Gasteiger charge is -2.08. The van der Waals surface area contributed by atoms with Gasteiger partial charge in [-0.3, -0.25) is 4.79 Å². The summed E-state index contributed by atoms with van der Waals surface area (Å²) >= 11 is 0. The second-order valence-electron chi connectivity index (χ2n) is 5.56. The molecular formula is C21H14F2O4. The Kier molecular flexibility index (Phi) is 5.56. The fraction of sp³-hybridized carbons (Fsp3) is 0.0476. The summed E-state index contributed by atoms with van der Waals surface area (Å²) in [6, 6.07) is 17.9. The van der Waals surface area contributed by atoms with E-state index in [2.05, 4.69) is 0 Å². The number of ether oxygens (including phenoxy) is 2. The van der Waals surface area contributed by atoms with Gasteiger partial charge < -0.3 is 9.47 Å². The number of hydrogen-bond donors (Lipinski definition) is 0. The van der Waals surface area contributed by atoms with Crippen molar-refractivity contribution in [1.29, 1.82) is 0 Å². The SMILES string of the molecule is O=C(COc1ccc(C(=O)c2ccccc2)cc1)Oc1ccc(F)c(F)c1. The van der Waals surface area contributed by atoms with E-state index in [0.717, 1.165) is 18.2 Å². The molecule has 0 unspecified atom stereocenters. The van der Waals surface area contributed by atoms with E-state index in [1.165, 1.54) is 0 Å². The van der Waals surface area contributed by atoms with Crippen molar-refractivity contribution in [1.82, 2.24) is 0 Å². The summed E-state index contributed by atoms with van der Waals surface area (Å²) in [5.41, 5.74) is 1.05. The van der Waals surface area contributed by atoms with Crippen molar-refractivity contribution in [2.24, 2.45) is 0 Å². The molecule has 3 aromatic carbocycles. The highest BCUT2D eigenvalue weighted by Crippen LogP contribution is 2.17. The quantitative estimate of drug-likeness (QED) is 0.372. The average Bonchev–Trinajstić information content (AvgIpc) is 2.70. The van der Waals surface area contributed by atoms with Crippen molar-refractivity contribution in [3.05, 3.63) is 95.6 Å². The Hall–Kier alpha value is -3.54. The second-order valence-corrected chi connectivity index (χ2v) is 5.56. The highest BCUT2D eigenvalue weighted by molar-refractivity contribution is 6.08. The number of hydrogen-bond acceptors (Lipinski definition) is 4. The van der Waals surface area contributed by atoms with Crippen LogP contribution in [0.5, 0.6) is 11.5 Å². The van der Waals surface area contributed by atoms with Crippen molar-refractivity contribution >= 4 is 11.8 Å². The van der Waals surface area contributed by atoms with Gasteiger partial charge >= 0.3 is 5.97 Å². The van der Waals surface area contributed by atoms with Gasteiger partial charge in [0.15, 0.2) is 24.0 Å². The molecule has 0 fully saturated rings. The standard InChI is InChI=1S/C21H14F2O4/c22-18-11-10-17(12-19(18)23)27-20(24)13-26-16-8-6-15(7-9-16)21(25)14-4-2-1-3-5-14/h1-12H,13H2. The molecule has 0 aliphatic rings. The Bertz CT molecular complexity index is 954. The number of carbonyl (C=O) groups is 2. The predicted octanol–water partition coefficient (Wildman–Crippen LogP) is 4.18. The number of benzene rings is 3. The van der Waals surface area contributed by atoms with E-state index in [9.17, 15) is 18.4 Å². The molecule has 0 spiro atoms. The highest BCUT2D eigenvalue weighted by Gasteiger charge is 2.11. The fourth-order valence-corrected chi connectivity index (χ4v) is 2.30. The topological polar surface area (TPSA) is 52.6 Å². The van der Waals surface area contributed by atoms with Gasteiger partial charge in [0.05, 0.1) is 0 Å². The van der Waals surface area contributed by atoms with E-state index in [4.69, 9.17) is 9.47 Å². The molecule has 0 aromatic heterocycles. The molecule has 0 amide bonds. The molecule has 3 rings (SSSR count). The van der Waals surface area contributed by atoms with E-state index < -0.39 is 24.2 Å². The Morgan fingerprint density at radius 3 is 2.04 bits per heavy atom. The summed E-state index contributed by atoms with van der Waals surface area (Å²) in [6.07, 6.45) is 0. The lowest BCUT2D eigenvalue weighted by atomic mass is 10.0. The number of halogens is 2. The van der Waals surface area contributed by atoms with Crippen molar-refractivity contribution in [3.63, 3.8) is 0 Å². The first-order valence-corrected chi connectivity index (χ1v) is 8.01.